The van der Waals surface area contributed by atoms with Crippen molar-refractivity contribution >= 4 is 17.6 Å². The van der Waals surface area contributed by atoms with Crippen LogP contribution < -0.4 is 5.32 Å². The number of likely N-dealkylation sites (tertiary alicyclic amines) is 1. The highest BCUT2D eigenvalue weighted by Crippen LogP contribution is 2.20. The van der Waals surface area contributed by atoms with Gasteiger partial charge in [-0.05, 0) is 38.3 Å². The van der Waals surface area contributed by atoms with E-state index in [0.29, 0.717) is 13.1 Å². The van der Waals surface area contributed by atoms with Crippen molar-refractivity contribution in [1.29, 1.82) is 0 Å². The van der Waals surface area contributed by atoms with E-state index in [2.05, 4.69) is 12.2 Å². The summed E-state index contributed by atoms with van der Waals surface area (Å²) in [5, 5.41) is 2.91. The Balaban J connectivity index is 1.92. The quantitative estimate of drug-likeness (QED) is 0.866. The van der Waals surface area contributed by atoms with Crippen LogP contribution in [0.15, 0.2) is 30.3 Å². The fourth-order valence-corrected chi connectivity index (χ4v) is 3.12. The third-order valence-electron chi connectivity index (χ3n) is 4.56. The zero-order valence-electron chi connectivity index (χ0n) is 14.8. The van der Waals surface area contributed by atoms with Gasteiger partial charge in [0.05, 0.1) is 5.92 Å². The Bertz CT molecular complexity index is 533. The van der Waals surface area contributed by atoms with Crippen molar-refractivity contribution in [2.45, 2.75) is 39.5 Å². The van der Waals surface area contributed by atoms with Gasteiger partial charge in [0.15, 0.2) is 0 Å². The lowest BCUT2D eigenvalue weighted by atomic mass is 9.96. The number of benzene rings is 1. The molecule has 0 aliphatic carbocycles. The Labute approximate surface area is 145 Å². The first kappa shape index (κ1) is 18.3. The summed E-state index contributed by atoms with van der Waals surface area (Å²) in [6.45, 7) is 6.94. The number of hydrogen-bond acceptors (Lipinski definition) is 2. The number of urea groups is 1. The van der Waals surface area contributed by atoms with E-state index < -0.39 is 0 Å². The van der Waals surface area contributed by atoms with Gasteiger partial charge in [-0.2, -0.15) is 0 Å². The number of anilines is 1. The first-order valence-electron chi connectivity index (χ1n) is 9.05. The number of rotatable bonds is 6. The summed E-state index contributed by atoms with van der Waals surface area (Å²) >= 11 is 0. The molecule has 1 atom stereocenters. The van der Waals surface area contributed by atoms with E-state index in [1.54, 1.807) is 4.90 Å². The van der Waals surface area contributed by atoms with Crippen LogP contribution in [0.2, 0.25) is 0 Å². The number of piperidine rings is 1. The van der Waals surface area contributed by atoms with E-state index in [0.717, 1.165) is 44.5 Å². The van der Waals surface area contributed by atoms with Crippen molar-refractivity contribution in [3.63, 3.8) is 0 Å². The van der Waals surface area contributed by atoms with E-state index in [1.165, 1.54) is 0 Å². The normalized spacial score (nSPS) is 17.4. The lowest BCUT2D eigenvalue weighted by Gasteiger charge is -2.34. The summed E-state index contributed by atoms with van der Waals surface area (Å²) in [6.07, 6.45) is 3.87. The number of unbranched alkanes of at least 4 members (excludes halogenated alkanes) is 1. The number of amides is 3. The number of carbonyl (C=O) groups excluding carboxylic acids is 2. The Kier molecular flexibility index (Phi) is 7.09. The summed E-state index contributed by atoms with van der Waals surface area (Å²) in [5.41, 5.74) is 0.786. The first-order chi connectivity index (χ1) is 11.7. The molecule has 2 rings (SSSR count). The Morgan fingerprint density at radius 3 is 2.67 bits per heavy atom. The van der Waals surface area contributed by atoms with Gasteiger partial charge < -0.3 is 15.1 Å². The molecule has 1 heterocycles. The third-order valence-corrected chi connectivity index (χ3v) is 4.56. The number of para-hydroxylation sites is 1. The van der Waals surface area contributed by atoms with Gasteiger partial charge in [0.2, 0.25) is 5.91 Å². The summed E-state index contributed by atoms with van der Waals surface area (Å²) in [6, 6.07) is 9.33. The second-order valence-electron chi connectivity index (χ2n) is 6.35. The highest BCUT2D eigenvalue weighted by atomic mass is 16.2. The van der Waals surface area contributed by atoms with Gasteiger partial charge >= 0.3 is 6.03 Å². The summed E-state index contributed by atoms with van der Waals surface area (Å²) in [4.78, 5) is 28.9. The minimum atomic E-state index is -0.115. The molecule has 1 aromatic carbocycles. The summed E-state index contributed by atoms with van der Waals surface area (Å²) < 4.78 is 0. The van der Waals surface area contributed by atoms with Crippen molar-refractivity contribution in [2.24, 2.45) is 5.92 Å². The third kappa shape index (κ3) is 4.98. The molecule has 5 heteroatoms. The van der Waals surface area contributed by atoms with Crippen molar-refractivity contribution in [3.8, 4) is 0 Å². The minimum absolute atomic E-state index is 0.0721. The van der Waals surface area contributed by atoms with Gasteiger partial charge in [0, 0.05) is 31.9 Å². The van der Waals surface area contributed by atoms with E-state index in [4.69, 9.17) is 0 Å². The lowest BCUT2D eigenvalue weighted by molar-refractivity contribution is -0.136. The molecule has 1 saturated heterocycles. The second kappa shape index (κ2) is 9.30. The van der Waals surface area contributed by atoms with E-state index in [-0.39, 0.29) is 17.9 Å². The van der Waals surface area contributed by atoms with Crippen molar-refractivity contribution in [2.75, 3.05) is 31.5 Å². The topological polar surface area (TPSA) is 52.7 Å². The fraction of sp³-hybridized carbons (Fsp3) is 0.579. The van der Waals surface area contributed by atoms with Crippen LogP contribution in [0.5, 0.6) is 0 Å². The molecule has 1 fully saturated rings. The lowest BCUT2D eigenvalue weighted by Crippen LogP contribution is -2.48. The highest BCUT2D eigenvalue weighted by Gasteiger charge is 2.30. The van der Waals surface area contributed by atoms with Crippen molar-refractivity contribution < 1.29 is 9.59 Å². The van der Waals surface area contributed by atoms with Gasteiger partial charge in [0.1, 0.15) is 0 Å². The fourth-order valence-electron chi connectivity index (χ4n) is 3.12. The van der Waals surface area contributed by atoms with E-state index in [1.807, 2.05) is 42.2 Å². The van der Waals surface area contributed by atoms with Gasteiger partial charge in [-0.25, -0.2) is 4.79 Å². The molecule has 0 spiro atoms. The predicted octanol–water partition coefficient (Wildman–Crippen LogP) is 3.58. The number of nitrogens with one attached hydrogen (secondary N) is 1. The van der Waals surface area contributed by atoms with Gasteiger partial charge in [-0.1, -0.05) is 31.5 Å². The molecule has 1 aliphatic heterocycles. The monoisotopic (exact) mass is 331 g/mol. The van der Waals surface area contributed by atoms with Gasteiger partial charge in [-0.3, -0.25) is 4.79 Å². The van der Waals surface area contributed by atoms with Crippen LogP contribution in [-0.2, 0) is 4.79 Å². The Morgan fingerprint density at radius 1 is 1.25 bits per heavy atom. The van der Waals surface area contributed by atoms with Crippen LogP contribution in [0.25, 0.3) is 0 Å². The van der Waals surface area contributed by atoms with Crippen LogP contribution >= 0.6 is 0 Å². The Hall–Kier alpha value is -2.04. The van der Waals surface area contributed by atoms with Gasteiger partial charge in [-0.15, -0.1) is 0 Å². The average molecular weight is 331 g/mol. The maximum Gasteiger partial charge on any atom is 0.321 e. The Morgan fingerprint density at radius 2 is 2.00 bits per heavy atom. The largest absolute Gasteiger partial charge is 0.343 e. The first-order valence-corrected chi connectivity index (χ1v) is 9.05. The smallest absolute Gasteiger partial charge is 0.321 e. The predicted molar refractivity (Wildman–Crippen MR) is 96.9 cm³/mol. The van der Waals surface area contributed by atoms with Crippen LogP contribution in [0, 0.1) is 5.92 Å². The molecule has 1 aromatic rings. The summed E-state index contributed by atoms with van der Waals surface area (Å²) in [5.74, 6) is 0.125. The molecule has 0 saturated carbocycles. The molecule has 1 aliphatic rings. The maximum absolute atomic E-state index is 12.7. The van der Waals surface area contributed by atoms with Crippen LogP contribution in [0.1, 0.15) is 39.5 Å². The molecule has 0 radical (unpaired) electrons. The molecule has 0 aromatic heterocycles. The molecule has 1 N–H and O–H groups in total. The second-order valence-corrected chi connectivity index (χ2v) is 6.35. The van der Waals surface area contributed by atoms with Crippen LogP contribution in [0.4, 0.5) is 10.5 Å². The zero-order valence-corrected chi connectivity index (χ0v) is 14.8. The van der Waals surface area contributed by atoms with E-state index in [9.17, 15) is 9.59 Å². The van der Waals surface area contributed by atoms with Crippen LogP contribution in [0.3, 0.4) is 0 Å². The minimum Gasteiger partial charge on any atom is -0.343 e. The maximum atomic E-state index is 12.7. The molecule has 24 heavy (non-hydrogen) atoms. The zero-order chi connectivity index (χ0) is 17.4. The number of nitrogens with zero attached hydrogens (tertiary/aromatic N) is 2. The SMILES string of the molecule is CCCCN(CC)C(=O)C1CCCN(C(=O)Nc2ccccc2)C1. The molecule has 0 bridgehead atoms. The molecular formula is C19H29N3O2. The van der Waals surface area contributed by atoms with Crippen LogP contribution in [-0.4, -0.2) is 47.9 Å². The molecule has 5 nitrogen and oxygen atoms in total. The number of carbonyl (C=O) groups is 2. The molecule has 1 unspecified atom stereocenters. The standard InChI is InChI=1S/C19H29N3O2/c1-3-5-13-21(4-2)18(23)16-10-9-14-22(15-16)19(24)20-17-11-7-6-8-12-17/h6-8,11-12,16H,3-5,9-10,13-15H2,1-2H3,(H,20,24). The molecular weight excluding hydrogens is 302 g/mol. The average Bonchev–Trinajstić information content (AvgIpc) is 2.63. The van der Waals surface area contributed by atoms with Gasteiger partial charge in [0.25, 0.3) is 0 Å². The number of hydrogen-bond donors (Lipinski definition) is 1. The van der Waals surface area contributed by atoms with Crippen molar-refractivity contribution in [3.05, 3.63) is 30.3 Å². The van der Waals surface area contributed by atoms with E-state index >= 15 is 0 Å². The summed E-state index contributed by atoms with van der Waals surface area (Å²) in [7, 11) is 0. The van der Waals surface area contributed by atoms with Crippen molar-refractivity contribution in [1.82, 2.24) is 9.80 Å². The molecule has 132 valence electrons. The molecule has 3 amide bonds. The highest BCUT2D eigenvalue weighted by molar-refractivity contribution is 5.90.